The molecule has 0 rings (SSSR count). The van der Waals surface area contributed by atoms with E-state index in [1.807, 2.05) is 0 Å². The van der Waals surface area contributed by atoms with E-state index in [0.29, 0.717) is 3.71 Å². The van der Waals surface area contributed by atoms with Crippen molar-refractivity contribution in [3.63, 3.8) is 0 Å². The Morgan fingerprint density at radius 2 is 1.67 bits per heavy atom. The normalized spacial score (nSPS) is 17.8. The third-order valence-electron chi connectivity index (χ3n) is 0.607. The second-order valence-corrected chi connectivity index (χ2v) is 3.15. The van der Waals surface area contributed by atoms with Gasteiger partial charge in [0.25, 0.3) is 0 Å². The fourth-order valence-electron chi connectivity index (χ4n) is 0.275. The maximum Gasteiger partial charge on any atom is 0.248 e. The first kappa shape index (κ1) is 9.18. The summed E-state index contributed by atoms with van der Waals surface area (Å²) in [7, 11) is 0. The highest BCUT2D eigenvalue weighted by Gasteiger charge is 2.13. The molecule has 0 aromatic carbocycles. The van der Waals surface area contributed by atoms with E-state index in [4.69, 9.17) is 9.11 Å². The standard InChI is InChI=1S/C2H7NO4S2/c1-2-3(8(4)5)9(6)7/h2H2,1H3,(H,4,5)(H,6,7). The van der Waals surface area contributed by atoms with Crippen molar-refractivity contribution in [3.05, 3.63) is 0 Å². The molecule has 0 aromatic heterocycles. The van der Waals surface area contributed by atoms with Gasteiger partial charge in [0.1, 0.15) is 0 Å². The van der Waals surface area contributed by atoms with Crippen molar-refractivity contribution in [2.45, 2.75) is 6.92 Å². The number of nitrogens with zero attached hydrogens (tertiary/aromatic N) is 1. The quantitative estimate of drug-likeness (QED) is 0.568. The predicted octanol–water partition coefficient (Wildman–Crippen LogP) is -0.418. The van der Waals surface area contributed by atoms with Crippen LogP contribution in [0, 0.1) is 0 Å². The summed E-state index contributed by atoms with van der Waals surface area (Å²) >= 11 is -4.70. The van der Waals surface area contributed by atoms with Crippen molar-refractivity contribution in [3.8, 4) is 0 Å². The molecular weight excluding hydrogens is 166 g/mol. The molecule has 0 heterocycles. The maximum atomic E-state index is 10.1. The lowest BCUT2D eigenvalue weighted by Crippen LogP contribution is -2.26. The molecule has 56 valence electrons. The lowest BCUT2D eigenvalue weighted by atomic mass is 10.8. The molecule has 0 fully saturated rings. The van der Waals surface area contributed by atoms with E-state index in [0.717, 1.165) is 0 Å². The molecule has 2 N–H and O–H groups in total. The molecule has 0 aliphatic carbocycles. The van der Waals surface area contributed by atoms with Gasteiger partial charge in [0, 0.05) is 6.54 Å². The van der Waals surface area contributed by atoms with Crippen molar-refractivity contribution in [1.29, 1.82) is 0 Å². The third kappa shape index (κ3) is 3.01. The fourth-order valence-corrected chi connectivity index (χ4v) is 1.15. The summed E-state index contributed by atoms with van der Waals surface area (Å²) in [6.45, 7) is 1.56. The Kier molecular flexibility index (Phi) is 4.15. The molecule has 0 saturated carbocycles. The first-order valence-electron chi connectivity index (χ1n) is 2.09. The van der Waals surface area contributed by atoms with Gasteiger partial charge in [-0.2, -0.15) is 0 Å². The van der Waals surface area contributed by atoms with E-state index in [-0.39, 0.29) is 6.54 Å². The van der Waals surface area contributed by atoms with Crippen molar-refractivity contribution in [1.82, 2.24) is 3.71 Å². The summed E-state index contributed by atoms with van der Waals surface area (Å²) < 4.78 is 37.1. The Labute approximate surface area is 57.9 Å². The number of hydrogen-bond acceptors (Lipinski definition) is 2. The summed E-state index contributed by atoms with van der Waals surface area (Å²) in [6, 6.07) is 0. The smallest absolute Gasteiger partial charge is 0.248 e. The topological polar surface area (TPSA) is 77.8 Å². The minimum absolute atomic E-state index is 0.0617. The van der Waals surface area contributed by atoms with Crippen molar-refractivity contribution < 1.29 is 17.5 Å². The van der Waals surface area contributed by atoms with E-state index < -0.39 is 22.5 Å². The SMILES string of the molecule is CCN(S(=O)O)S(=O)O. The molecule has 0 aliphatic rings. The Hall–Kier alpha value is 0.180. The molecule has 0 spiro atoms. The molecule has 5 nitrogen and oxygen atoms in total. The van der Waals surface area contributed by atoms with E-state index in [1.54, 1.807) is 0 Å². The maximum absolute atomic E-state index is 10.1. The predicted molar refractivity (Wildman–Crippen MR) is 33.9 cm³/mol. The van der Waals surface area contributed by atoms with Gasteiger partial charge in [-0.05, 0) is 0 Å². The molecule has 0 bridgehead atoms. The lowest BCUT2D eigenvalue weighted by molar-refractivity contribution is 0.471. The summed E-state index contributed by atoms with van der Waals surface area (Å²) in [6.07, 6.45) is 0. The Morgan fingerprint density at radius 1 is 1.33 bits per heavy atom. The van der Waals surface area contributed by atoms with Gasteiger partial charge in [0.2, 0.25) is 22.5 Å². The molecule has 9 heavy (non-hydrogen) atoms. The van der Waals surface area contributed by atoms with E-state index in [9.17, 15) is 8.42 Å². The molecule has 0 aromatic rings. The lowest BCUT2D eigenvalue weighted by Gasteiger charge is -2.07. The van der Waals surface area contributed by atoms with Crippen molar-refractivity contribution in [2.75, 3.05) is 6.54 Å². The van der Waals surface area contributed by atoms with Crippen LogP contribution < -0.4 is 0 Å². The molecule has 2 atom stereocenters. The van der Waals surface area contributed by atoms with E-state index in [1.165, 1.54) is 6.92 Å². The molecule has 0 aliphatic heterocycles. The van der Waals surface area contributed by atoms with Gasteiger partial charge in [-0.15, -0.1) is 0 Å². The minimum atomic E-state index is -2.35. The Balaban J connectivity index is 3.99. The zero-order chi connectivity index (χ0) is 7.44. The number of hydrogen-bond donors (Lipinski definition) is 2. The van der Waals surface area contributed by atoms with Gasteiger partial charge < -0.3 is 0 Å². The second-order valence-electron chi connectivity index (χ2n) is 1.11. The van der Waals surface area contributed by atoms with Gasteiger partial charge in [0.05, 0.1) is 0 Å². The van der Waals surface area contributed by atoms with Gasteiger partial charge >= 0.3 is 0 Å². The summed E-state index contributed by atoms with van der Waals surface area (Å²) in [5.41, 5.74) is 0. The molecule has 0 radical (unpaired) electrons. The third-order valence-corrected chi connectivity index (χ3v) is 2.58. The molecule has 2 unspecified atom stereocenters. The first-order chi connectivity index (χ1) is 4.09. The summed E-state index contributed by atoms with van der Waals surface area (Å²) in [5.74, 6) is 0. The molecule has 0 saturated heterocycles. The zero-order valence-corrected chi connectivity index (χ0v) is 6.31. The van der Waals surface area contributed by atoms with Crippen LogP contribution in [-0.2, 0) is 22.5 Å². The average molecular weight is 173 g/mol. The Bertz CT molecular complexity index is 123. The van der Waals surface area contributed by atoms with Crippen molar-refractivity contribution >= 4 is 22.5 Å². The monoisotopic (exact) mass is 173 g/mol. The first-order valence-corrected chi connectivity index (χ1v) is 4.21. The van der Waals surface area contributed by atoms with Crippen LogP contribution in [0.5, 0.6) is 0 Å². The van der Waals surface area contributed by atoms with Gasteiger partial charge in [0.15, 0.2) is 0 Å². The fraction of sp³-hybridized carbons (Fsp3) is 1.00. The van der Waals surface area contributed by atoms with Crippen LogP contribution in [0.15, 0.2) is 0 Å². The summed E-state index contributed by atoms with van der Waals surface area (Å²) in [4.78, 5) is 0. The van der Waals surface area contributed by atoms with Gasteiger partial charge in [-0.25, -0.2) is 8.42 Å². The van der Waals surface area contributed by atoms with Crippen LogP contribution >= 0.6 is 0 Å². The largest absolute Gasteiger partial charge is 0.293 e. The molecule has 7 heteroatoms. The number of rotatable bonds is 3. The van der Waals surface area contributed by atoms with Gasteiger partial charge in [-0.3, -0.25) is 9.11 Å². The van der Waals surface area contributed by atoms with Crippen molar-refractivity contribution in [2.24, 2.45) is 0 Å². The van der Waals surface area contributed by atoms with Crippen LogP contribution in [0.4, 0.5) is 0 Å². The van der Waals surface area contributed by atoms with Crippen LogP contribution in [0.3, 0.4) is 0 Å². The van der Waals surface area contributed by atoms with Crippen LogP contribution in [-0.4, -0.2) is 27.8 Å². The highest BCUT2D eigenvalue weighted by molar-refractivity contribution is 7.92. The van der Waals surface area contributed by atoms with Crippen LogP contribution in [0.2, 0.25) is 0 Å². The molecular formula is C2H7NO4S2. The Morgan fingerprint density at radius 3 is 1.67 bits per heavy atom. The van der Waals surface area contributed by atoms with Crippen LogP contribution in [0.1, 0.15) is 6.92 Å². The zero-order valence-electron chi connectivity index (χ0n) is 4.68. The average Bonchev–Trinajstić information content (AvgIpc) is 1.64. The second kappa shape index (κ2) is 4.07. The highest BCUT2D eigenvalue weighted by Crippen LogP contribution is 1.93. The molecule has 0 amide bonds. The summed E-state index contributed by atoms with van der Waals surface area (Å²) in [5, 5.41) is 0. The highest BCUT2D eigenvalue weighted by atomic mass is 32.3. The van der Waals surface area contributed by atoms with Crippen LogP contribution in [0.25, 0.3) is 0 Å². The minimum Gasteiger partial charge on any atom is -0.293 e. The van der Waals surface area contributed by atoms with E-state index >= 15 is 0 Å². The van der Waals surface area contributed by atoms with E-state index in [2.05, 4.69) is 0 Å². The van der Waals surface area contributed by atoms with Gasteiger partial charge in [-0.1, -0.05) is 10.6 Å².